The maximum atomic E-state index is 11.9. The Kier molecular flexibility index (Phi) is 5.34. The van der Waals surface area contributed by atoms with Gasteiger partial charge in [-0.15, -0.1) is 0 Å². The molecule has 0 aromatic heterocycles. The number of hydrogen-bond acceptors (Lipinski definition) is 4. The van der Waals surface area contributed by atoms with Crippen molar-refractivity contribution in [2.24, 2.45) is 5.92 Å². The van der Waals surface area contributed by atoms with E-state index >= 15 is 0 Å². The summed E-state index contributed by atoms with van der Waals surface area (Å²) in [5.74, 6) is -0.0920. The number of esters is 1. The predicted octanol–water partition coefficient (Wildman–Crippen LogP) is 2.86. The largest absolute Gasteiger partial charge is 0.454 e. The van der Waals surface area contributed by atoms with Crippen LogP contribution >= 0.6 is 0 Å². The fraction of sp³-hybridized carbons (Fsp3) is 0.632. The molecule has 0 aromatic rings. The lowest BCUT2D eigenvalue weighted by Crippen LogP contribution is -2.37. The third-order valence-electron chi connectivity index (χ3n) is 5.08. The Balaban J connectivity index is 1.70. The number of fused-ring (bicyclic) bond motifs is 1. The topological polar surface area (TPSA) is 38.8 Å². The van der Waals surface area contributed by atoms with E-state index in [0.29, 0.717) is 5.57 Å². The van der Waals surface area contributed by atoms with Gasteiger partial charge in [0.2, 0.25) is 0 Å². The van der Waals surface area contributed by atoms with Crippen LogP contribution in [0.4, 0.5) is 0 Å². The summed E-state index contributed by atoms with van der Waals surface area (Å²) in [5, 5.41) is 0. The fourth-order valence-corrected chi connectivity index (χ4v) is 3.62. The average Bonchev–Trinajstić information content (AvgIpc) is 2.80. The molecular weight excluding hydrogens is 290 g/mol. The van der Waals surface area contributed by atoms with Crippen LogP contribution in [0.3, 0.4) is 0 Å². The van der Waals surface area contributed by atoms with E-state index in [4.69, 9.17) is 9.47 Å². The van der Waals surface area contributed by atoms with Crippen molar-refractivity contribution in [3.63, 3.8) is 0 Å². The van der Waals surface area contributed by atoms with Crippen LogP contribution < -0.4 is 0 Å². The maximum absolute atomic E-state index is 11.9. The van der Waals surface area contributed by atoms with Gasteiger partial charge in [-0.25, -0.2) is 4.79 Å². The molecule has 2 fully saturated rings. The van der Waals surface area contributed by atoms with Crippen LogP contribution in [0.1, 0.15) is 32.6 Å². The average molecular weight is 317 g/mol. The number of hydrogen-bond donors (Lipinski definition) is 0. The van der Waals surface area contributed by atoms with Gasteiger partial charge >= 0.3 is 5.97 Å². The van der Waals surface area contributed by atoms with Gasteiger partial charge in [0.15, 0.2) is 0 Å². The van der Waals surface area contributed by atoms with E-state index in [0.717, 1.165) is 58.5 Å². The molecule has 0 bridgehead atoms. The zero-order valence-electron chi connectivity index (χ0n) is 14.1. The molecule has 3 aliphatic rings. The molecule has 0 unspecified atom stereocenters. The Labute approximate surface area is 138 Å². The predicted molar refractivity (Wildman–Crippen MR) is 90.1 cm³/mol. The molecule has 1 aliphatic carbocycles. The third-order valence-corrected chi connectivity index (χ3v) is 5.08. The zero-order valence-corrected chi connectivity index (χ0v) is 14.1. The first-order valence-corrected chi connectivity index (χ1v) is 8.68. The molecular formula is C19H27NO3. The van der Waals surface area contributed by atoms with Crippen molar-refractivity contribution in [3.05, 3.63) is 35.5 Å². The summed E-state index contributed by atoms with van der Waals surface area (Å²) in [6, 6.07) is 0. The monoisotopic (exact) mass is 317 g/mol. The number of allylic oxidation sites excluding steroid dienone is 2. The van der Waals surface area contributed by atoms with E-state index in [1.54, 1.807) is 0 Å². The van der Waals surface area contributed by atoms with Crippen LogP contribution in [0.15, 0.2) is 35.5 Å². The van der Waals surface area contributed by atoms with Gasteiger partial charge in [0, 0.05) is 31.1 Å². The molecule has 0 spiro atoms. The van der Waals surface area contributed by atoms with Crippen LogP contribution in [-0.4, -0.2) is 49.8 Å². The van der Waals surface area contributed by atoms with Crippen molar-refractivity contribution in [2.75, 3.05) is 32.8 Å². The number of carbonyl (C=O) groups excluding carboxylic acids is 1. The fourth-order valence-electron chi connectivity index (χ4n) is 3.62. The van der Waals surface area contributed by atoms with Crippen molar-refractivity contribution in [1.29, 1.82) is 0 Å². The minimum atomic E-state index is -0.220. The molecule has 2 heterocycles. The van der Waals surface area contributed by atoms with Crippen LogP contribution in [0.5, 0.6) is 0 Å². The highest BCUT2D eigenvalue weighted by molar-refractivity contribution is 5.91. The Hall–Kier alpha value is -1.39. The van der Waals surface area contributed by atoms with Gasteiger partial charge < -0.3 is 9.47 Å². The van der Waals surface area contributed by atoms with Gasteiger partial charge in [-0.3, -0.25) is 4.90 Å². The van der Waals surface area contributed by atoms with E-state index in [1.165, 1.54) is 11.1 Å². The molecule has 0 saturated carbocycles. The molecule has 2 aliphatic heterocycles. The highest BCUT2D eigenvalue weighted by Crippen LogP contribution is 2.34. The lowest BCUT2D eigenvalue weighted by molar-refractivity contribution is -0.137. The van der Waals surface area contributed by atoms with E-state index < -0.39 is 0 Å². The Morgan fingerprint density at radius 2 is 2.09 bits per heavy atom. The summed E-state index contributed by atoms with van der Waals surface area (Å²) >= 11 is 0. The minimum absolute atomic E-state index is 0.113. The van der Waals surface area contributed by atoms with Crippen LogP contribution in [0, 0.1) is 5.92 Å². The Morgan fingerprint density at radius 1 is 1.30 bits per heavy atom. The normalized spacial score (nSPS) is 30.3. The summed E-state index contributed by atoms with van der Waals surface area (Å²) in [5.41, 5.74) is 3.42. The summed E-state index contributed by atoms with van der Waals surface area (Å²) < 4.78 is 10.9. The Morgan fingerprint density at radius 3 is 2.87 bits per heavy atom. The molecule has 2 saturated heterocycles. The lowest BCUT2D eigenvalue weighted by Gasteiger charge is -2.28. The standard InChI is InChI=1S/C19H27NO3/c1-14-4-3-5-16(13-20-8-10-22-11-9-20)6-7-17-15(2)19(21)23-18(17)12-14/h5,12,17-18H,2-4,6-11,13H2,1H3/t17-,18-/m1/s1. The van der Waals surface area contributed by atoms with Crippen molar-refractivity contribution in [2.45, 2.75) is 38.7 Å². The van der Waals surface area contributed by atoms with Crippen molar-refractivity contribution >= 4 is 5.97 Å². The second-order valence-electron chi connectivity index (χ2n) is 6.84. The first-order chi connectivity index (χ1) is 11.1. The molecule has 3 rings (SSSR count). The number of morpholine rings is 1. The zero-order chi connectivity index (χ0) is 16.2. The number of ether oxygens (including phenoxy) is 2. The summed E-state index contributed by atoms with van der Waals surface area (Å²) in [4.78, 5) is 14.3. The number of rotatable bonds is 2. The number of nitrogens with zero attached hydrogens (tertiary/aromatic N) is 1. The first-order valence-electron chi connectivity index (χ1n) is 8.68. The summed E-state index contributed by atoms with van der Waals surface area (Å²) in [6.07, 6.45) is 8.46. The van der Waals surface area contributed by atoms with Crippen LogP contribution in [0.25, 0.3) is 0 Å². The SMILES string of the molecule is C=C1C(=O)O[C@@H]2C=C(C)CCC=C(CN3CCOCC3)CC[C@H]12. The maximum Gasteiger partial charge on any atom is 0.334 e. The Bertz CT molecular complexity index is 529. The van der Waals surface area contributed by atoms with Crippen LogP contribution in [0.2, 0.25) is 0 Å². The highest BCUT2D eigenvalue weighted by atomic mass is 16.5. The minimum Gasteiger partial charge on any atom is -0.454 e. The molecule has 0 N–H and O–H groups in total. The van der Waals surface area contributed by atoms with Gasteiger partial charge in [0.25, 0.3) is 0 Å². The van der Waals surface area contributed by atoms with Gasteiger partial charge in [0.1, 0.15) is 6.10 Å². The molecule has 126 valence electrons. The van der Waals surface area contributed by atoms with Crippen LogP contribution in [-0.2, 0) is 14.3 Å². The smallest absolute Gasteiger partial charge is 0.334 e. The van der Waals surface area contributed by atoms with Gasteiger partial charge in [-0.1, -0.05) is 23.8 Å². The molecule has 0 radical (unpaired) electrons. The summed E-state index contributed by atoms with van der Waals surface area (Å²) in [7, 11) is 0. The molecule has 23 heavy (non-hydrogen) atoms. The van der Waals surface area contributed by atoms with E-state index in [9.17, 15) is 4.79 Å². The lowest BCUT2D eigenvalue weighted by atomic mass is 9.87. The number of carbonyl (C=O) groups is 1. The quantitative estimate of drug-likeness (QED) is 0.446. The third kappa shape index (κ3) is 4.12. The van der Waals surface area contributed by atoms with Gasteiger partial charge in [-0.05, 0) is 38.7 Å². The van der Waals surface area contributed by atoms with E-state index in [2.05, 4.69) is 30.6 Å². The second kappa shape index (κ2) is 7.45. The van der Waals surface area contributed by atoms with E-state index in [-0.39, 0.29) is 18.0 Å². The molecule has 0 aromatic carbocycles. The molecule has 4 heteroatoms. The first kappa shape index (κ1) is 16.5. The van der Waals surface area contributed by atoms with Crippen molar-refractivity contribution in [1.82, 2.24) is 4.90 Å². The molecule has 0 amide bonds. The molecule has 4 nitrogen and oxygen atoms in total. The second-order valence-corrected chi connectivity index (χ2v) is 6.84. The van der Waals surface area contributed by atoms with E-state index in [1.807, 2.05) is 0 Å². The summed E-state index contributed by atoms with van der Waals surface area (Å²) in [6.45, 7) is 10.8. The van der Waals surface area contributed by atoms with Crippen molar-refractivity contribution in [3.8, 4) is 0 Å². The van der Waals surface area contributed by atoms with Crippen molar-refractivity contribution < 1.29 is 14.3 Å². The highest BCUT2D eigenvalue weighted by Gasteiger charge is 2.37. The molecule has 2 atom stereocenters. The van der Waals surface area contributed by atoms with Gasteiger partial charge in [-0.2, -0.15) is 0 Å². The van der Waals surface area contributed by atoms with Gasteiger partial charge in [0.05, 0.1) is 13.2 Å².